The largest absolute Gasteiger partial charge is 0.487 e. The molecule has 182 valence electrons. The van der Waals surface area contributed by atoms with E-state index in [9.17, 15) is 17.6 Å². The number of nitrogens with one attached hydrogen (secondary N) is 2. The fraction of sp³-hybridized carbons (Fsp3) is 0.280. The molecule has 0 atom stereocenters. The zero-order chi connectivity index (χ0) is 24.4. The summed E-state index contributed by atoms with van der Waals surface area (Å²) in [6, 6.07) is 13.2. The Hall–Kier alpha value is -3.66. The number of hydrogen-bond donors (Lipinski definition) is 2. The summed E-state index contributed by atoms with van der Waals surface area (Å²) >= 11 is 0. The van der Waals surface area contributed by atoms with E-state index in [4.69, 9.17) is 4.74 Å². The topological polar surface area (TPSA) is 63.5 Å². The minimum atomic E-state index is -2.73. The van der Waals surface area contributed by atoms with Crippen LogP contribution in [0.1, 0.15) is 23.1 Å². The molecular formula is C25H23F4N5O. The molecule has 0 amide bonds. The van der Waals surface area contributed by atoms with Gasteiger partial charge in [-0.2, -0.15) is 4.98 Å². The van der Waals surface area contributed by atoms with E-state index in [1.54, 1.807) is 18.3 Å². The summed E-state index contributed by atoms with van der Waals surface area (Å²) in [5, 5.41) is 11.1. The average molecular weight is 485 g/mol. The Morgan fingerprint density at radius 3 is 2.60 bits per heavy atom. The van der Waals surface area contributed by atoms with Crippen LogP contribution in [-0.2, 0) is 12.8 Å². The third-order valence-electron chi connectivity index (χ3n) is 5.88. The van der Waals surface area contributed by atoms with E-state index in [2.05, 4.69) is 32.8 Å². The molecule has 1 aliphatic rings. The Balaban J connectivity index is 1.51. The highest BCUT2D eigenvalue weighted by Gasteiger charge is 2.18. The van der Waals surface area contributed by atoms with E-state index in [1.807, 2.05) is 6.07 Å². The third kappa shape index (κ3) is 5.07. The van der Waals surface area contributed by atoms with Crippen LogP contribution in [-0.4, -0.2) is 40.7 Å². The van der Waals surface area contributed by atoms with Crippen LogP contribution in [0.3, 0.4) is 0 Å². The Labute approximate surface area is 198 Å². The highest BCUT2D eigenvalue weighted by molar-refractivity contribution is 5.82. The Bertz CT molecular complexity index is 1340. The summed E-state index contributed by atoms with van der Waals surface area (Å²) in [7, 11) is 0. The molecular weight excluding hydrogens is 462 g/mol. The molecule has 5 rings (SSSR count). The summed E-state index contributed by atoms with van der Waals surface area (Å²) in [5.41, 5.74) is 4.21. The van der Waals surface area contributed by atoms with Crippen LogP contribution in [0, 0.1) is 0 Å². The minimum Gasteiger partial charge on any atom is -0.487 e. The number of anilines is 2. The predicted molar refractivity (Wildman–Crippen MR) is 125 cm³/mol. The molecule has 0 fully saturated rings. The van der Waals surface area contributed by atoms with Crippen molar-refractivity contribution < 1.29 is 22.3 Å². The zero-order valence-electron chi connectivity index (χ0n) is 18.6. The van der Waals surface area contributed by atoms with Gasteiger partial charge in [0, 0.05) is 28.6 Å². The highest BCUT2D eigenvalue weighted by Crippen LogP contribution is 2.36. The summed E-state index contributed by atoms with van der Waals surface area (Å²) < 4.78 is 59.1. The van der Waals surface area contributed by atoms with Crippen LogP contribution in [0.4, 0.5) is 29.2 Å². The van der Waals surface area contributed by atoms with Crippen molar-refractivity contribution in [3.63, 3.8) is 0 Å². The van der Waals surface area contributed by atoms with Gasteiger partial charge in [0.2, 0.25) is 5.95 Å². The second-order valence-electron chi connectivity index (χ2n) is 8.24. The monoisotopic (exact) mass is 485 g/mol. The zero-order valence-corrected chi connectivity index (χ0v) is 18.6. The molecule has 35 heavy (non-hydrogen) atoms. The first-order valence-electron chi connectivity index (χ1n) is 11.3. The van der Waals surface area contributed by atoms with Crippen molar-refractivity contribution in [1.29, 1.82) is 0 Å². The van der Waals surface area contributed by atoms with Crippen molar-refractivity contribution in [1.82, 2.24) is 19.9 Å². The molecule has 3 heterocycles. The molecule has 6 nitrogen and oxygen atoms in total. The number of fused-ring (bicyclic) bond motifs is 2. The van der Waals surface area contributed by atoms with Gasteiger partial charge in [-0.1, -0.05) is 6.07 Å². The van der Waals surface area contributed by atoms with Gasteiger partial charge in [-0.25, -0.2) is 22.1 Å². The molecule has 0 aliphatic carbocycles. The number of nitrogens with zero attached hydrogens (tertiary/aromatic N) is 3. The first kappa shape index (κ1) is 23.1. The number of hydrogen-bond acceptors (Lipinski definition) is 5. The molecule has 2 aromatic heterocycles. The van der Waals surface area contributed by atoms with E-state index in [1.165, 1.54) is 33.8 Å². The van der Waals surface area contributed by atoms with Crippen LogP contribution in [0.5, 0.6) is 5.75 Å². The first-order chi connectivity index (χ1) is 17.0. The van der Waals surface area contributed by atoms with Crippen molar-refractivity contribution in [3.05, 3.63) is 71.4 Å². The lowest BCUT2D eigenvalue weighted by Gasteiger charge is -2.13. The molecule has 0 radical (unpaired) electrons. The van der Waals surface area contributed by atoms with Gasteiger partial charge in [-0.3, -0.25) is 0 Å². The molecule has 0 saturated carbocycles. The van der Waals surface area contributed by atoms with Crippen LogP contribution in [0.2, 0.25) is 0 Å². The maximum absolute atomic E-state index is 13.4. The van der Waals surface area contributed by atoms with E-state index in [0.29, 0.717) is 17.2 Å². The fourth-order valence-corrected chi connectivity index (χ4v) is 4.22. The molecule has 0 saturated heterocycles. The number of alkyl halides is 4. The van der Waals surface area contributed by atoms with Gasteiger partial charge in [-0.05, 0) is 79.5 Å². The Kier molecular flexibility index (Phi) is 6.54. The predicted octanol–water partition coefficient (Wildman–Crippen LogP) is 5.41. The van der Waals surface area contributed by atoms with Crippen LogP contribution < -0.4 is 15.4 Å². The maximum atomic E-state index is 13.4. The number of benzene rings is 2. The minimum absolute atomic E-state index is 0.0691. The highest BCUT2D eigenvalue weighted by atomic mass is 19.3. The number of ether oxygens (including phenoxy) is 1. The van der Waals surface area contributed by atoms with Crippen LogP contribution >= 0.6 is 0 Å². The molecule has 0 spiro atoms. The van der Waals surface area contributed by atoms with Crippen LogP contribution in [0.15, 0.2) is 54.7 Å². The van der Waals surface area contributed by atoms with E-state index < -0.39 is 19.5 Å². The summed E-state index contributed by atoms with van der Waals surface area (Å²) in [6.07, 6.45) is -1.85. The lowest BCUT2D eigenvalue weighted by atomic mass is 10.0. The lowest BCUT2D eigenvalue weighted by Crippen LogP contribution is -2.16. The molecule has 0 bridgehead atoms. The van der Waals surface area contributed by atoms with E-state index in [0.717, 1.165) is 31.6 Å². The van der Waals surface area contributed by atoms with Crippen molar-refractivity contribution in [3.8, 4) is 16.9 Å². The SMILES string of the molecule is FC(F)COc1ccc(C(F)F)cc1-c1cccn2nc(Nc3ccc4c(c3)CCNCC4)nc12. The second kappa shape index (κ2) is 9.91. The molecule has 4 aromatic rings. The number of aromatic nitrogens is 3. The van der Waals surface area contributed by atoms with Crippen molar-refractivity contribution >= 4 is 17.3 Å². The van der Waals surface area contributed by atoms with Gasteiger partial charge in [0.25, 0.3) is 12.9 Å². The maximum Gasteiger partial charge on any atom is 0.272 e. The summed E-state index contributed by atoms with van der Waals surface area (Å²) in [5.74, 6) is 0.392. The molecule has 1 aliphatic heterocycles. The standard InChI is InChI=1S/C25H23F4N5O/c26-22(27)14-35-21-6-4-17(23(28)29)13-20(21)19-2-1-11-34-24(19)32-25(33-34)31-18-5-3-15-7-9-30-10-8-16(15)12-18/h1-6,11-13,22-23,30H,7-10,14H2,(H,31,33). The number of rotatable bonds is 7. The van der Waals surface area contributed by atoms with E-state index >= 15 is 0 Å². The summed E-state index contributed by atoms with van der Waals surface area (Å²) in [4.78, 5) is 4.56. The van der Waals surface area contributed by atoms with Gasteiger partial charge in [0.05, 0.1) is 0 Å². The number of pyridine rings is 1. The molecule has 10 heteroatoms. The fourth-order valence-electron chi connectivity index (χ4n) is 4.22. The lowest BCUT2D eigenvalue weighted by molar-refractivity contribution is 0.0821. The average Bonchev–Trinajstić information content (AvgIpc) is 3.11. The number of halogens is 4. The van der Waals surface area contributed by atoms with Gasteiger partial charge in [0.15, 0.2) is 5.65 Å². The van der Waals surface area contributed by atoms with Gasteiger partial charge < -0.3 is 15.4 Å². The molecule has 2 aromatic carbocycles. The molecule has 2 N–H and O–H groups in total. The third-order valence-corrected chi connectivity index (χ3v) is 5.88. The molecule has 0 unspecified atom stereocenters. The normalized spacial score (nSPS) is 13.8. The van der Waals surface area contributed by atoms with Crippen LogP contribution in [0.25, 0.3) is 16.8 Å². The quantitative estimate of drug-likeness (QED) is 0.343. The van der Waals surface area contributed by atoms with Crippen molar-refractivity contribution in [2.75, 3.05) is 25.0 Å². The second-order valence-corrected chi connectivity index (χ2v) is 8.24. The van der Waals surface area contributed by atoms with Crippen molar-refractivity contribution in [2.24, 2.45) is 0 Å². The summed E-state index contributed by atoms with van der Waals surface area (Å²) in [6.45, 7) is 1.02. The van der Waals surface area contributed by atoms with Gasteiger partial charge >= 0.3 is 0 Å². The van der Waals surface area contributed by atoms with Gasteiger partial charge in [0.1, 0.15) is 12.4 Å². The Morgan fingerprint density at radius 2 is 1.80 bits per heavy atom. The first-order valence-corrected chi connectivity index (χ1v) is 11.3. The van der Waals surface area contributed by atoms with Gasteiger partial charge in [-0.15, -0.1) is 5.10 Å². The van der Waals surface area contributed by atoms with E-state index in [-0.39, 0.29) is 16.9 Å². The smallest absolute Gasteiger partial charge is 0.272 e. The Morgan fingerprint density at radius 1 is 0.971 bits per heavy atom. The van der Waals surface area contributed by atoms with Crippen molar-refractivity contribution in [2.45, 2.75) is 25.7 Å².